The summed E-state index contributed by atoms with van der Waals surface area (Å²) in [5, 5.41) is 4.57. The molecule has 1 amide bonds. The molecule has 2 N–H and O–H groups in total. The maximum atomic E-state index is 12.4. The van der Waals surface area contributed by atoms with Crippen LogP contribution in [0.15, 0.2) is 42.6 Å². The molecular formula is C27H35N5O3. The Balaban J connectivity index is 1.21. The Morgan fingerprint density at radius 3 is 2.46 bits per heavy atom. The van der Waals surface area contributed by atoms with E-state index in [0.29, 0.717) is 19.0 Å². The molecule has 5 rings (SSSR count). The van der Waals surface area contributed by atoms with Crippen LogP contribution in [0.3, 0.4) is 0 Å². The fourth-order valence-electron chi connectivity index (χ4n) is 4.86. The Bertz CT molecular complexity index is 1150. The van der Waals surface area contributed by atoms with Gasteiger partial charge in [-0.05, 0) is 81.5 Å². The van der Waals surface area contributed by atoms with Gasteiger partial charge in [0.15, 0.2) is 0 Å². The highest BCUT2D eigenvalue weighted by atomic mass is 16.6. The number of amides is 1. The largest absolute Gasteiger partial charge is 0.444 e. The van der Waals surface area contributed by atoms with Crippen LogP contribution in [-0.4, -0.2) is 66.0 Å². The number of fused-ring (bicyclic) bond motifs is 1. The van der Waals surface area contributed by atoms with Crippen molar-refractivity contribution >= 4 is 34.3 Å². The number of hydrogen-bond acceptors (Lipinski definition) is 6. The van der Waals surface area contributed by atoms with Gasteiger partial charge in [-0.1, -0.05) is 0 Å². The van der Waals surface area contributed by atoms with Gasteiger partial charge in [-0.3, -0.25) is 0 Å². The van der Waals surface area contributed by atoms with Crippen molar-refractivity contribution in [2.75, 3.05) is 49.6 Å². The SMILES string of the molecule is CC(C)(C)OC(=O)N1CCC(c2c[nH]c3nc(Nc4ccc(N5CCOCC5)cc4)ccc23)CC1. The molecule has 0 saturated carbocycles. The Morgan fingerprint density at radius 2 is 1.77 bits per heavy atom. The average Bonchev–Trinajstić information content (AvgIpc) is 3.27. The maximum Gasteiger partial charge on any atom is 0.410 e. The Kier molecular flexibility index (Phi) is 6.56. The highest BCUT2D eigenvalue weighted by Gasteiger charge is 2.28. The highest BCUT2D eigenvalue weighted by molar-refractivity contribution is 5.82. The Morgan fingerprint density at radius 1 is 1.06 bits per heavy atom. The minimum Gasteiger partial charge on any atom is -0.444 e. The summed E-state index contributed by atoms with van der Waals surface area (Å²) in [5.74, 6) is 1.21. The van der Waals surface area contributed by atoms with Gasteiger partial charge in [-0.15, -0.1) is 0 Å². The topological polar surface area (TPSA) is 82.7 Å². The van der Waals surface area contributed by atoms with Crippen LogP contribution < -0.4 is 10.2 Å². The van der Waals surface area contributed by atoms with Crippen LogP contribution in [0.4, 0.5) is 22.0 Å². The van der Waals surface area contributed by atoms with E-state index in [-0.39, 0.29) is 6.09 Å². The van der Waals surface area contributed by atoms with Crippen LogP contribution in [0, 0.1) is 0 Å². The average molecular weight is 478 g/mol. The van der Waals surface area contributed by atoms with Crippen molar-refractivity contribution in [2.45, 2.75) is 45.1 Å². The molecule has 0 bridgehead atoms. The molecular weight excluding hydrogens is 442 g/mol. The number of carbonyl (C=O) groups excluding carboxylic acids is 1. The summed E-state index contributed by atoms with van der Waals surface area (Å²) in [6, 6.07) is 12.6. The van der Waals surface area contributed by atoms with E-state index >= 15 is 0 Å². The molecule has 0 unspecified atom stereocenters. The molecule has 8 heteroatoms. The lowest BCUT2D eigenvalue weighted by Gasteiger charge is -2.33. The molecule has 2 saturated heterocycles. The standard InChI is InChI=1S/C27H35N5O3/c1-27(2,3)35-26(33)32-12-10-19(11-13-32)23-18-28-25-22(23)8-9-24(30-25)29-20-4-6-21(7-5-20)31-14-16-34-17-15-31/h4-9,18-19H,10-17H2,1-3H3,(H2,28,29,30). The van der Waals surface area contributed by atoms with E-state index in [2.05, 4.69) is 51.7 Å². The van der Waals surface area contributed by atoms with Gasteiger partial charge in [0, 0.05) is 49.1 Å². The zero-order valence-corrected chi connectivity index (χ0v) is 20.8. The predicted octanol–water partition coefficient (Wildman–Crippen LogP) is 5.26. The van der Waals surface area contributed by atoms with Crippen molar-refractivity contribution in [2.24, 2.45) is 0 Å². The van der Waals surface area contributed by atoms with Crippen LogP contribution >= 0.6 is 0 Å². The number of anilines is 3. The first-order chi connectivity index (χ1) is 16.9. The molecule has 0 radical (unpaired) electrons. The summed E-state index contributed by atoms with van der Waals surface area (Å²) in [7, 11) is 0. The molecule has 0 spiro atoms. The number of benzene rings is 1. The fraction of sp³-hybridized carbons (Fsp3) is 0.481. The first-order valence-electron chi connectivity index (χ1n) is 12.5. The second-order valence-corrected chi connectivity index (χ2v) is 10.3. The van der Waals surface area contributed by atoms with E-state index in [1.54, 1.807) is 0 Å². The summed E-state index contributed by atoms with van der Waals surface area (Å²) in [4.78, 5) is 24.7. The van der Waals surface area contributed by atoms with Gasteiger partial charge in [0.25, 0.3) is 0 Å². The zero-order valence-electron chi connectivity index (χ0n) is 20.8. The normalized spacial score (nSPS) is 17.6. The van der Waals surface area contributed by atoms with Crippen molar-refractivity contribution in [3.63, 3.8) is 0 Å². The number of morpholine rings is 1. The van der Waals surface area contributed by atoms with Crippen LogP contribution in [-0.2, 0) is 9.47 Å². The lowest BCUT2D eigenvalue weighted by Crippen LogP contribution is -2.41. The molecule has 35 heavy (non-hydrogen) atoms. The fourth-order valence-corrected chi connectivity index (χ4v) is 4.86. The van der Waals surface area contributed by atoms with Crippen LogP contribution in [0.2, 0.25) is 0 Å². The number of hydrogen-bond donors (Lipinski definition) is 2. The second-order valence-electron chi connectivity index (χ2n) is 10.3. The van der Waals surface area contributed by atoms with Crippen LogP contribution in [0.5, 0.6) is 0 Å². The van der Waals surface area contributed by atoms with E-state index in [1.165, 1.54) is 11.3 Å². The third-order valence-corrected chi connectivity index (χ3v) is 6.67. The molecule has 4 heterocycles. The number of piperidine rings is 1. The monoisotopic (exact) mass is 477 g/mol. The molecule has 2 aromatic heterocycles. The molecule has 186 valence electrons. The maximum absolute atomic E-state index is 12.4. The minimum atomic E-state index is -0.465. The van der Waals surface area contributed by atoms with Crippen molar-refractivity contribution < 1.29 is 14.3 Å². The second kappa shape index (κ2) is 9.77. The van der Waals surface area contributed by atoms with Gasteiger partial charge in [-0.25, -0.2) is 9.78 Å². The summed E-state index contributed by atoms with van der Waals surface area (Å²) in [6.07, 6.45) is 3.70. The van der Waals surface area contributed by atoms with Crippen molar-refractivity contribution in [1.29, 1.82) is 0 Å². The number of likely N-dealkylation sites (tertiary alicyclic amines) is 1. The summed E-state index contributed by atoms with van der Waals surface area (Å²) < 4.78 is 11.0. The first-order valence-corrected chi connectivity index (χ1v) is 12.5. The van der Waals surface area contributed by atoms with Gasteiger partial charge in [0.05, 0.1) is 13.2 Å². The van der Waals surface area contributed by atoms with E-state index in [0.717, 1.165) is 61.7 Å². The lowest BCUT2D eigenvalue weighted by atomic mass is 9.89. The van der Waals surface area contributed by atoms with E-state index in [9.17, 15) is 4.79 Å². The number of aromatic amines is 1. The number of aromatic nitrogens is 2. The highest BCUT2D eigenvalue weighted by Crippen LogP contribution is 2.34. The molecule has 0 atom stereocenters. The quantitative estimate of drug-likeness (QED) is 0.534. The third kappa shape index (κ3) is 5.53. The molecule has 2 fully saturated rings. The molecule has 1 aromatic carbocycles. The summed E-state index contributed by atoms with van der Waals surface area (Å²) in [5.41, 5.74) is 3.92. The minimum absolute atomic E-state index is 0.217. The van der Waals surface area contributed by atoms with Gasteiger partial charge in [0.1, 0.15) is 17.1 Å². The zero-order chi connectivity index (χ0) is 24.4. The van der Waals surface area contributed by atoms with E-state index < -0.39 is 5.60 Å². The molecule has 3 aromatic rings. The van der Waals surface area contributed by atoms with Gasteiger partial charge in [0.2, 0.25) is 0 Å². The Labute approximate surface area is 206 Å². The first kappa shape index (κ1) is 23.5. The summed E-state index contributed by atoms with van der Waals surface area (Å²) >= 11 is 0. The van der Waals surface area contributed by atoms with Crippen molar-refractivity contribution in [1.82, 2.24) is 14.9 Å². The van der Waals surface area contributed by atoms with E-state index in [4.69, 9.17) is 14.5 Å². The number of carbonyl (C=O) groups is 1. The van der Waals surface area contributed by atoms with Crippen molar-refractivity contribution in [3.8, 4) is 0 Å². The van der Waals surface area contributed by atoms with Crippen molar-refractivity contribution in [3.05, 3.63) is 48.2 Å². The third-order valence-electron chi connectivity index (χ3n) is 6.67. The lowest BCUT2D eigenvalue weighted by molar-refractivity contribution is 0.0205. The number of pyridine rings is 1. The van der Waals surface area contributed by atoms with Crippen LogP contribution in [0.25, 0.3) is 11.0 Å². The smallest absolute Gasteiger partial charge is 0.410 e. The number of H-pyrrole nitrogens is 1. The summed E-state index contributed by atoms with van der Waals surface area (Å²) in [6.45, 7) is 10.6. The number of ether oxygens (including phenoxy) is 2. The van der Waals surface area contributed by atoms with Crippen LogP contribution in [0.1, 0.15) is 45.1 Å². The Hall–Kier alpha value is -3.26. The number of nitrogens with zero attached hydrogens (tertiary/aromatic N) is 3. The van der Waals surface area contributed by atoms with Gasteiger partial charge < -0.3 is 29.6 Å². The van der Waals surface area contributed by atoms with Gasteiger partial charge >= 0.3 is 6.09 Å². The van der Waals surface area contributed by atoms with E-state index in [1.807, 2.05) is 31.7 Å². The molecule has 2 aliphatic heterocycles. The number of rotatable bonds is 4. The van der Waals surface area contributed by atoms with Gasteiger partial charge in [-0.2, -0.15) is 0 Å². The predicted molar refractivity (Wildman–Crippen MR) is 139 cm³/mol. The molecule has 0 aliphatic carbocycles. The molecule has 8 nitrogen and oxygen atoms in total. The molecule has 2 aliphatic rings. The number of nitrogens with one attached hydrogen (secondary N) is 2.